The van der Waals surface area contributed by atoms with Gasteiger partial charge >= 0.3 is 12.1 Å². The molecule has 0 aliphatic heterocycles. The maximum absolute atomic E-state index is 11.5. The summed E-state index contributed by atoms with van der Waals surface area (Å²) in [5, 5.41) is 16.7. The van der Waals surface area contributed by atoms with E-state index < -0.39 is 18.1 Å². The zero-order valence-electron chi connectivity index (χ0n) is 14.0. The molecule has 0 radical (unpaired) electrons. The predicted molar refractivity (Wildman–Crippen MR) is 84.0 cm³/mol. The maximum Gasteiger partial charge on any atom is 0.428 e. The molecule has 0 unspecified atom stereocenters. The van der Waals surface area contributed by atoms with Crippen molar-refractivity contribution in [2.75, 3.05) is 46.2 Å². The second-order valence-corrected chi connectivity index (χ2v) is 4.87. The number of ketones is 1. The summed E-state index contributed by atoms with van der Waals surface area (Å²) in [5.41, 5.74) is 7.18. The first kappa shape index (κ1) is 23.2. The van der Waals surface area contributed by atoms with Crippen molar-refractivity contribution < 1.29 is 43.6 Å². The van der Waals surface area contributed by atoms with Crippen molar-refractivity contribution in [1.82, 2.24) is 5.48 Å². The molecule has 5 N–H and O–H groups in total. The van der Waals surface area contributed by atoms with Gasteiger partial charge in [0.1, 0.15) is 5.78 Å². The van der Waals surface area contributed by atoms with E-state index in [-0.39, 0.29) is 31.8 Å². The van der Waals surface area contributed by atoms with Gasteiger partial charge in [0.25, 0.3) is 0 Å². The molecule has 0 spiro atoms. The first-order chi connectivity index (χ1) is 11.9. The summed E-state index contributed by atoms with van der Waals surface area (Å²) in [7, 11) is 0. The Morgan fingerprint density at radius 2 is 1.40 bits per heavy atom. The Kier molecular flexibility index (Phi) is 14.6. The molecule has 0 saturated carbocycles. The molecule has 0 aromatic rings. The lowest BCUT2D eigenvalue weighted by Crippen LogP contribution is -2.32. The second-order valence-electron chi connectivity index (χ2n) is 4.87. The normalized spacial score (nSPS) is 11.9. The van der Waals surface area contributed by atoms with Crippen LogP contribution in [0.2, 0.25) is 0 Å². The van der Waals surface area contributed by atoms with E-state index in [1.165, 1.54) is 0 Å². The Hall–Kier alpha value is -1.79. The molecule has 0 aliphatic carbocycles. The van der Waals surface area contributed by atoms with Crippen molar-refractivity contribution in [3.8, 4) is 0 Å². The zero-order chi connectivity index (χ0) is 18.9. The molecule has 146 valence electrons. The zero-order valence-corrected chi connectivity index (χ0v) is 14.0. The van der Waals surface area contributed by atoms with Gasteiger partial charge in [0.05, 0.1) is 52.1 Å². The van der Waals surface area contributed by atoms with Gasteiger partial charge in [0.2, 0.25) is 0 Å². The van der Waals surface area contributed by atoms with E-state index in [1.54, 1.807) is 5.48 Å². The molecular formula is C14H26N2O9. The first-order valence-corrected chi connectivity index (χ1v) is 7.77. The molecule has 11 nitrogen and oxygen atoms in total. The predicted octanol–water partition coefficient (Wildman–Crippen LogP) is -0.613. The lowest BCUT2D eigenvalue weighted by Gasteiger charge is -2.08. The molecule has 0 rings (SSSR count). The van der Waals surface area contributed by atoms with Crippen molar-refractivity contribution in [2.45, 2.75) is 25.3 Å². The Morgan fingerprint density at radius 1 is 0.880 bits per heavy atom. The molecule has 0 saturated heterocycles. The summed E-state index contributed by atoms with van der Waals surface area (Å²) in [4.78, 5) is 36.5. The van der Waals surface area contributed by atoms with E-state index in [0.717, 1.165) is 0 Å². The van der Waals surface area contributed by atoms with Gasteiger partial charge in [-0.1, -0.05) is 0 Å². The van der Waals surface area contributed by atoms with Gasteiger partial charge in [-0.3, -0.25) is 14.4 Å². The van der Waals surface area contributed by atoms with Crippen molar-refractivity contribution >= 4 is 17.8 Å². The van der Waals surface area contributed by atoms with Crippen LogP contribution in [0.1, 0.15) is 19.3 Å². The fourth-order valence-electron chi connectivity index (χ4n) is 1.59. The summed E-state index contributed by atoms with van der Waals surface area (Å²) in [6, 6.07) is -0.967. The third-order valence-electron chi connectivity index (χ3n) is 2.75. The number of aliphatic carboxylic acids is 1. The second kappa shape index (κ2) is 15.7. The van der Waals surface area contributed by atoms with E-state index >= 15 is 0 Å². The van der Waals surface area contributed by atoms with Crippen LogP contribution in [0.4, 0.5) is 4.79 Å². The molecule has 0 bridgehead atoms. The van der Waals surface area contributed by atoms with Gasteiger partial charge in [-0.05, 0) is 6.42 Å². The number of carbonyl (C=O) groups excluding carboxylic acids is 1. The SMILES string of the molecule is N[C@@H](CC(=O)O)C(=O)CCCOCCOCCOCCONC(=O)O. The Balaban J connectivity index is 3.25. The number of carbonyl (C=O) groups is 3. The third kappa shape index (κ3) is 16.8. The number of nitrogens with one attached hydrogen (secondary N) is 1. The average Bonchev–Trinajstić information content (AvgIpc) is 2.53. The number of rotatable bonds is 17. The van der Waals surface area contributed by atoms with Crippen molar-refractivity contribution in [3.63, 3.8) is 0 Å². The number of carboxylic acid groups (broad SMARTS) is 2. The fraction of sp³-hybridized carbons (Fsp3) is 0.786. The monoisotopic (exact) mass is 366 g/mol. The van der Waals surface area contributed by atoms with Crippen LogP contribution in [0.3, 0.4) is 0 Å². The largest absolute Gasteiger partial charge is 0.481 e. The van der Waals surface area contributed by atoms with Crippen molar-refractivity contribution in [2.24, 2.45) is 5.73 Å². The highest BCUT2D eigenvalue weighted by Crippen LogP contribution is 1.99. The van der Waals surface area contributed by atoms with Crippen molar-refractivity contribution in [1.29, 1.82) is 0 Å². The lowest BCUT2D eigenvalue weighted by atomic mass is 10.1. The first-order valence-electron chi connectivity index (χ1n) is 7.77. The van der Waals surface area contributed by atoms with E-state index in [1.807, 2.05) is 0 Å². The average molecular weight is 366 g/mol. The van der Waals surface area contributed by atoms with Crippen LogP contribution in [0.5, 0.6) is 0 Å². The molecule has 0 aromatic carbocycles. The Bertz CT molecular complexity index is 392. The topological polar surface area (TPSA) is 167 Å². The molecule has 1 amide bonds. The maximum atomic E-state index is 11.5. The molecule has 0 aliphatic rings. The number of ether oxygens (including phenoxy) is 3. The van der Waals surface area contributed by atoms with E-state index in [4.69, 9.17) is 30.2 Å². The van der Waals surface area contributed by atoms with Crippen LogP contribution >= 0.6 is 0 Å². The number of hydroxylamine groups is 1. The number of hydrogen-bond donors (Lipinski definition) is 4. The van der Waals surface area contributed by atoms with Gasteiger partial charge in [0, 0.05) is 13.0 Å². The molecule has 0 fully saturated rings. The van der Waals surface area contributed by atoms with Crippen LogP contribution in [0.15, 0.2) is 0 Å². The summed E-state index contributed by atoms with van der Waals surface area (Å²) in [5.74, 6) is -1.38. The molecule has 11 heteroatoms. The highest BCUT2D eigenvalue weighted by atomic mass is 16.7. The minimum Gasteiger partial charge on any atom is -0.481 e. The van der Waals surface area contributed by atoms with Crippen LogP contribution in [-0.4, -0.2) is 80.3 Å². The molecule has 0 heterocycles. The smallest absolute Gasteiger partial charge is 0.428 e. The highest BCUT2D eigenvalue weighted by Gasteiger charge is 2.16. The van der Waals surface area contributed by atoms with Crippen LogP contribution in [-0.2, 0) is 28.6 Å². The van der Waals surface area contributed by atoms with Gasteiger partial charge < -0.3 is 30.2 Å². The van der Waals surface area contributed by atoms with Gasteiger partial charge in [-0.25, -0.2) is 4.79 Å². The number of amides is 1. The third-order valence-corrected chi connectivity index (χ3v) is 2.75. The van der Waals surface area contributed by atoms with Gasteiger partial charge in [-0.15, -0.1) is 0 Å². The van der Waals surface area contributed by atoms with Gasteiger partial charge in [0.15, 0.2) is 0 Å². The Morgan fingerprint density at radius 3 is 1.92 bits per heavy atom. The molecular weight excluding hydrogens is 340 g/mol. The minimum absolute atomic E-state index is 0.101. The number of hydrogen-bond acceptors (Lipinski definition) is 8. The Labute approximate surface area is 145 Å². The molecule has 1 atom stereocenters. The lowest BCUT2D eigenvalue weighted by molar-refractivity contribution is -0.139. The summed E-state index contributed by atoms with van der Waals surface area (Å²) in [6.45, 7) is 2.13. The van der Waals surface area contributed by atoms with E-state index in [0.29, 0.717) is 39.5 Å². The number of nitrogens with two attached hydrogens (primary N) is 1. The summed E-state index contributed by atoms with van der Waals surface area (Å²) in [6.07, 6.45) is -0.977. The van der Waals surface area contributed by atoms with E-state index in [9.17, 15) is 14.4 Å². The van der Waals surface area contributed by atoms with Crippen LogP contribution < -0.4 is 11.2 Å². The van der Waals surface area contributed by atoms with Crippen molar-refractivity contribution in [3.05, 3.63) is 0 Å². The van der Waals surface area contributed by atoms with Crippen LogP contribution in [0.25, 0.3) is 0 Å². The minimum atomic E-state index is -1.27. The van der Waals surface area contributed by atoms with Crippen LogP contribution in [0, 0.1) is 0 Å². The standard InChI is InChI=1S/C14H26N2O9/c15-11(10-13(18)19)12(17)2-1-3-22-4-5-23-6-7-24-8-9-25-16-14(20)21/h11,16H,1-10,15H2,(H,18,19)(H,20,21)/t11-/m0/s1. The fourth-order valence-corrected chi connectivity index (χ4v) is 1.59. The van der Waals surface area contributed by atoms with E-state index in [2.05, 4.69) is 4.84 Å². The quantitative estimate of drug-likeness (QED) is 0.192. The highest BCUT2D eigenvalue weighted by molar-refractivity contribution is 5.87. The number of carboxylic acids is 1. The van der Waals surface area contributed by atoms with Gasteiger partial charge in [-0.2, -0.15) is 5.48 Å². The summed E-state index contributed by atoms with van der Waals surface area (Å²) >= 11 is 0. The molecule has 25 heavy (non-hydrogen) atoms. The number of Topliss-reactive ketones (excluding diaryl/α,β-unsaturated/α-hetero) is 1. The summed E-state index contributed by atoms with van der Waals surface area (Å²) < 4.78 is 15.6. The molecule has 0 aromatic heterocycles.